The number of anilines is 1. The molecule has 1 aromatic heterocycles. The van der Waals surface area contributed by atoms with Gasteiger partial charge in [-0.25, -0.2) is 0 Å². The van der Waals surface area contributed by atoms with Gasteiger partial charge in [0, 0.05) is 31.4 Å². The molecule has 194 valence electrons. The molecule has 2 aliphatic rings. The fourth-order valence-electron chi connectivity index (χ4n) is 5.30. The minimum Gasteiger partial charge on any atom is -0.459 e. The minimum atomic E-state index is -0.763. The molecule has 0 bridgehead atoms. The Labute approximate surface area is 218 Å². The molecule has 7 heteroatoms. The van der Waals surface area contributed by atoms with Crippen LogP contribution in [0.15, 0.2) is 77.4 Å². The van der Waals surface area contributed by atoms with Gasteiger partial charge in [0.05, 0.1) is 19.5 Å². The third kappa shape index (κ3) is 6.23. The lowest BCUT2D eigenvalue weighted by molar-refractivity contribution is -0.126. The lowest BCUT2D eigenvalue weighted by Gasteiger charge is -2.33. The zero-order valence-electron chi connectivity index (χ0n) is 21.2. The number of nitrogens with one attached hydrogen (secondary N) is 1. The SMILES string of the molecule is O=C(NC1CCCC1)[C@H](c1ccc(N2CCOCC2)cc1)N(CCc1ccccc1)C(=O)c1ccco1. The Balaban J connectivity index is 1.46. The molecule has 2 amide bonds. The van der Waals surface area contributed by atoms with E-state index in [1.54, 1.807) is 17.0 Å². The molecule has 1 saturated heterocycles. The highest BCUT2D eigenvalue weighted by atomic mass is 16.5. The fraction of sp³-hybridized carbons (Fsp3) is 0.400. The quantitative estimate of drug-likeness (QED) is 0.464. The van der Waals surface area contributed by atoms with Crippen LogP contribution in [0.2, 0.25) is 0 Å². The second kappa shape index (κ2) is 12.1. The van der Waals surface area contributed by atoms with Gasteiger partial charge in [0.2, 0.25) is 5.91 Å². The number of carbonyl (C=O) groups excluding carboxylic acids is 2. The summed E-state index contributed by atoms with van der Waals surface area (Å²) in [6, 6.07) is 20.8. The topological polar surface area (TPSA) is 75.0 Å². The Bertz CT molecular complexity index is 1140. The van der Waals surface area contributed by atoms with Gasteiger partial charge in [-0.3, -0.25) is 9.59 Å². The fourth-order valence-corrected chi connectivity index (χ4v) is 5.30. The maximum Gasteiger partial charge on any atom is 0.290 e. The number of benzene rings is 2. The van der Waals surface area contributed by atoms with Crippen molar-refractivity contribution in [1.29, 1.82) is 0 Å². The summed E-state index contributed by atoms with van der Waals surface area (Å²) in [6.07, 6.45) is 6.31. The van der Waals surface area contributed by atoms with Gasteiger partial charge in [0.1, 0.15) is 6.04 Å². The maximum absolute atomic E-state index is 13.9. The van der Waals surface area contributed by atoms with Gasteiger partial charge in [-0.15, -0.1) is 0 Å². The standard InChI is InChI=1S/C30H35N3O4/c34-29(31-25-9-4-5-10-25)28(24-12-14-26(15-13-24)32-18-21-36-22-19-32)33(30(35)27-11-6-20-37-27)17-16-23-7-2-1-3-8-23/h1-3,6-8,11-15,20,25,28H,4-5,9-10,16-19,21-22H2,(H,31,34)/t28-/m0/s1. The van der Waals surface area contributed by atoms with E-state index >= 15 is 0 Å². The molecule has 1 N–H and O–H groups in total. The molecule has 37 heavy (non-hydrogen) atoms. The molecular weight excluding hydrogens is 466 g/mol. The molecule has 5 rings (SSSR count). The Hall–Kier alpha value is -3.58. The third-order valence-electron chi connectivity index (χ3n) is 7.32. The monoisotopic (exact) mass is 501 g/mol. The highest BCUT2D eigenvalue weighted by Crippen LogP contribution is 2.28. The molecule has 1 aliphatic heterocycles. The first kappa shape index (κ1) is 25.1. The summed E-state index contributed by atoms with van der Waals surface area (Å²) >= 11 is 0. The van der Waals surface area contributed by atoms with E-state index in [0.717, 1.165) is 55.6 Å². The van der Waals surface area contributed by atoms with Crippen molar-refractivity contribution < 1.29 is 18.7 Å². The normalized spacial score (nSPS) is 16.9. The second-order valence-corrected chi connectivity index (χ2v) is 9.79. The summed E-state index contributed by atoms with van der Waals surface area (Å²) < 4.78 is 11.0. The van der Waals surface area contributed by atoms with E-state index in [1.165, 1.54) is 6.26 Å². The van der Waals surface area contributed by atoms with Crippen LogP contribution in [-0.2, 0) is 16.0 Å². The van der Waals surface area contributed by atoms with Gasteiger partial charge in [0.15, 0.2) is 5.76 Å². The van der Waals surface area contributed by atoms with Crippen LogP contribution in [-0.4, -0.2) is 55.6 Å². The molecule has 2 fully saturated rings. The number of amides is 2. The van der Waals surface area contributed by atoms with Crippen molar-refractivity contribution in [2.75, 3.05) is 37.7 Å². The second-order valence-electron chi connectivity index (χ2n) is 9.79. The Morgan fingerprint density at radius 3 is 2.35 bits per heavy atom. The molecule has 2 heterocycles. The van der Waals surface area contributed by atoms with Crippen LogP contribution < -0.4 is 10.2 Å². The zero-order valence-corrected chi connectivity index (χ0v) is 21.2. The van der Waals surface area contributed by atoms with Crippen molar-refractivity contribution in [2.24, 2.45) is 0 Å². The Morgan fingerprint density at radius 2 is 1.68 bits per heavy atom. The predicted octanol–water partition coefficient (Wildman–Crippen LogP) is 4.60. The third-order valence-corrected chi connectivity index (χ3v) is 7.32. The smallest absolute Gasteiger partial charge is 0.290 e. The number of hydrogen-bond acceptors (Lipinski definition) is 5. The number of hydrogen-bond donors (Lipinski definition) is 1. The molecule has 3 aromatic rings. The predicted molar refractivity (Wildman–Crippen MR) is 143 cm³/mol. The number of nitrogens with zero attached hydrogens (tertiary/aromatic N) is 2. The largest absolute Gasteiger partial charge is 0.459 e. The lowest BCUT2D eigenvalue weighted by Crippen LogP contribution is -2.46. The van der Waals surface area contributed by atoms with Crippen LogP contribution >= 0.6 is 0 Å². The van der Waals surface area contributed by atoms with E-state index in [4.69, 9.17) is 9.15 Å². The molecule has 0 spiro atoms. The average Bonchev–Trinajstić information content (AvgIpc) is 3.67. The van der Waals surface area contributed by atoms with E-state index in [-0.39, 0.29) is 23.6 Å². The van der Waals surface area contributed by atoms with Crippen molar-refractivity contribution in [3.8, 4) is 0 Å². The molecule has 0 unspecified atom stereocenters. The van der Waals surface area contributed by atoms with E-state index in [9.17, 15) is 9.59 Å². The van der Waals surface area contributed by atoms with Gasteiger partial charge < -0.3 is 24.3 Å². The van der Waals surface area contributed by atoms with Crippen LogP contribution in [0.5, 0.6) is 0 Å². The summed E-state index contributed by atoms with van der Waals surface area (Å²) in [5.74, 6) is -0.194. The van der Waals surface area contributed by atoms with Crippen molar-refractivity contribution >= 4 is 17.5 Å². The van der Waals surface area contributed by atoms with Crippen molar-refractivity contribution in [3.63, 3.8) is 0 Å². The van der Waals surface area contributed by atoms with Crippen LogP contribution in [0, 0.1) is 0 Å². The molecule has 1 saturated carbocycles. The molecule has 1 aliphatic carbocycles. The van der Waals surface area contributed by atoms with Crippen LogP contribution in [0.4, 0.5) is 5.69 Å². The maximum atomic E-state index is 13.9. The van der Waals surface area contributed by atoms with Gasteiger partial charge >= 0.3 is 0 Å². The highest BCUT2D eigenvalue weighted by molar-refractivity contribution is 5.96. The Morgan fingerprint density at radius 1 is 0.946 bits per heavy atom. The van der Waals surface area contributed by atoms with E-state index < -0.39 is 6.04 Å². The van der Waals surface area contributed by atoms with E-state index in [2.05, 4.69) is 10.2 Å². The van der Waals surface area contributed by atoms with Crippen LogP contribution in [0.1, 0.15) is 53.4 Å². The molecule has 7 nitrogen and oxygen atoms in total. The lowest BCUT2D eigenvalue weighted by atomic mass is 10.0. The van der Waals surface area contributed by atoms with E-state index in [0.29, 0.717) is 26.2 Å². The first-order valence-corrected chi connectivity index (χ1v) is 13.3. The summed E-state index contributed by atoms with van der Waals surface area (Å²) in [6.45, 7) is 3.48. The zero-order chi connectivity index (χ0) is 25.5. The molecular formula is C30H35N3O4. The van der Waals surface area contributed by atoms with Crippen molar-refractivity contribution in [3.05, 3.63) is 89.9 Å². The average molecular weight is 502 g/mol. The van der Waals surface area contributed by atoms with Gasteiger partial charge in [-0.2, -0.15) is 0 Å². The van der Waals surface area contributed by atoms with E-state index in [1.807, 2.05) is 54.6 Å². The summed E-state index contributed by atoms with van der Waals surface area (Å²) in [5, 5.41) is 3.24. The number of carbonyl (C=O) groups is 2. The van der Waals surface area contributed by atoms with Crippen molar-refractivity contribution in [2.45, 2.75) is 44.2 Å². The first-order valence-electron chi connectivity index (χ1n) is 13.3. The first-order chi connectivity index (χ1) is 18.2. The number of furan rings is 1. The number of rotatable bonds is 9. The molecule has 1 atom stereocenters. The summed E-state index contributed by atoms with van der Waals surface area (Å²) in [5.41, 5.74) is 2.99. The van der Waals surface area contributed by atoms with Crippen LogP contribution in [0.25, 0.3) is 0 Å². The van der Waals surface area contributed by atoms with Gasteiger partial charge in [-0.1, -0.05) is 55.3 Å². The highest BCUT2D eigenvalue weighted by Gasteiger charge is 2.34. The van der Waals surface area contributed by atoms with Gasteiger partial charge in [0.25, 0.3) is 5.91 Å². The summed E-state index contributed by atoms with van der Waals surface area (Å²) in [4.78, 5) is 31.5. The minimum absolute atomic E-state index is 0.140. The molecule has 2 aromatic carbocycles. The van der Waals surface area contributed by atoms with Crippen LogP contribution in [0.3, 0.4) is 0 Å². The Kier molecular flexibility index (Phi) is 8.21. The number of morpholine rings is 1. The summed E-state index contributed by atoms with van der Waals surface area (Å²) in [7, 11) is 0. The van der Waals surface area contributed by atoms with Crippen molar-refractivity contribution in [1.82, 2.24) is 10.2 Å². The molecule has 0 radical (unpaired) electrons. The number of ether oxygens (including phenoxy) is 1. The van der Waals surface area contributed by atoms with Gasteiger partial charge in [-0.05, 0) is 54.7 Å².